The van der Waals surface area contributed by atoms with Gasteiger partial charge in [-0.15, -0.1) is 0 Å². The number of hydrogen-bond donors (Lipinski definition) is 0. The van der Waals surface area contributed by atoms with Crippen molar-refractivity contribution >= 4 is 5.97 Å². The van der Waals surface area contributed by atoms with Crippen LogP contribution < -0.4 is 0 Å². The number of carbonyl (C=O) groups excluding carboxylic acids is 1. The molecular weight excluding hydrogens is 216 g/mol. The highest BCUT2D eigenvalue weighted by Crippen LogP contribution is 2.19. The Kier molecular flexibility index (Phi) is 5.92. The number of nitrogens with zero attached hydrogens (tertiary/aromatic N) is 2. The van der Waals surface area contributed by atoms with E-state index < -0.39 is 0 Å². The summed E-state index contributed by atoms with van der Waals surface area (Å²) in [5.41, 5.74) is 0. The first-order valence-corrected chi connectivity index (χ1v) is 6.60. The molecule has 1 fully saturated rings. The van der Waals surface area contributed by atoms with Crippen LogP contribution in [0, 0.1) is 5.92 Å². The Hall–Kier alpha value is -0.610. The molecule has 1 aliphatic heterocycles. The Morgan fingerprint density at radius 3 is 2.47 bits per heavy atom. The zero-order valence-corrected chi connectivity index (χ0v) is 11.6. The molecule has 1 aliphatic rings. The van der Waals surface area contributed by atoms with Gasteiger partial charge in [-0.2, -0.15) is 0 Å². The van der Waals surface area contributed by atoms with Crippen LogP contribution >= 0.6 is 0 Å². The average molecular weight is 242 g/mol. The van der Waals surface area contributed by atoms with Crippen molar-refractivity contribution in [1.29, 1.82) is 0 Å². The lowest BCUT2D eigenvalue weighted by Crippen LogP contribution is -2.45. The molecule has 1 saturated heterocycles. The van der Waals surface area contributed by atoms with Crippen molar-refractivity contribution < 1.29 is 9.53 Å². The van der Waals surface area contributed by atoms with Crippen molar-refractivity contribution in [2.45, 2.75) is 32.7 Å². The van der Waals surface area contributed by atoms with Crippen molar-refractivity contribution in [3.63, 3.8) is 0 Å². The molecule has 0 aromatic carbocycles. The Morgan fingerprint density at radius 1 is 1.41 bits per heavy atom. The molecule has 1 heterocycles. The van der Waals surface area contributed by atoms with Crippen LogP contribution in [-0.2, 0) is 9.53 Å². The number of carbonyl (C=O) groups is 1. The lowest BCUT2D eigenvalue weighted by Gasteiger charge is -2.35. The van der Waals surface area contributed by atoms with Crippen LogP contribution in [0.1, 0.15) is 26.7 Å². The number of rotatable bonds is 5. The van der Waals surface area contributed by atoms with Gasteiger partial charge in [-0.05, 0) is 59.8 Å². The van der Waals surface area contributed by atoms with Crippen LogP contribution in [0.2, 0.25) is 0 Å². The number of hydrogen-bond acceptors (Lipinski definition) is 4. The normalized spacial score (nSPS) is 20.5. The predicted octanol–water partition coefficient (Wildman–Crippen LogP) is 1.21. The maximum atomic E-state index is 11.6. The van der Waals surface area contributed by atoms with Gasteiger partial charge >= 0.3 is 5.97 Å². The third-order valence-corrected chi connectivity index (χ3v) is 3.45. The fourth-order valence-electron chi connectivity index (χ4n) is 2.45. The summed E-state index contributed by atoms with van der Waals surface area (Å²) in [6.45, 7) is 7.46. The molecule has 0 aromatic rings. The van der Waals surface area contributed by atoms with Crippen molar-refractivity contribution in [3.05, 3.63) is 0 Å². The van der Waals surface area contributed by atoms with E-state index in [1.807, 2.05) is 13.8 Å². The summed E-state index contributed by atoms with van der Waals surface area (Å²) in [5, 5.41) is 0. The zero-order chi connectivity index (χ0) is 12.8. The lowest BCUT2D eigenvalue weighted by molar-refractivity contribution is -0.149. The molecule has 17 heavy (non-hydrogen) atoms. The molecule has 0 amide bonds. The van der Waals surface area contributed by atoms with Gasteiger partial charge in [-0.25, -0.2) is 0 Å². The summed E-state index contributed by atoms with van der Waals surface area (Å²) in [6.07, 6.45) is 2.36. The SMILES string of the molecule is CCOC(=O)C(C)N1CCC(CN(C)C)CC1. The van der Waals surface area contributed by atoms with E-state index >= 15 is 0 Å². The molecule has 1 unspecified atom stereocenters. The van der Waals surface area contributed by atoms with Crippen LogP contribution in [0.4, 0.5) is 0 Å². The summed E-state index contributed by atoms with van der Waals surface area (Å²) in [7, 11) is 4.24. The van der Waals surface area contributed by atoms with E-state index in [-0.39, 0.29) is 12.0 Å². The van der Waals surface area contributed by atoms with Crippen molar-refractivity contribution in [2.75, 3.05) is 40.3 Å². The number of ether oxygens (including phenoxy) is 1. The maximum absolute atomic E-state index is 11.6. The van der Waals surface area contributed by atoms with Crippen LogP contribution in [0.3, 0.4) is 0 Å². The Morgan fingerprint density at radius 2 is 2.00 bits per heavy atom. The molecule has 1 atom stereocenters. The topological polar surface area (TPSA) is 32.8 Å². The molecule has 0 aliphatic carbocycles. The van der Waals surface area contributed by atoms with Crippen LogP contribution in [0.5, 0.6) is 0 Å². The first-order chi connectivity index (χ1) is 8.04. The predicted molar refractivity (Wildman–Crippen MR) is 68.9 cm³/mol. The van der Waals surface area contributed by atoms with Crippen LogP contribution in [-0.4, -0.2) is 62.1 Å². The average Bonchev–Trinajstić information content (AvgIpc) is 2.28. The second-order valence-corrected chi connectivity index (χ2v) is 5.17. The fourth-order valence-corrected chi connectivity index (χ4v) is 2.45. The van der Waals surface area contributed by atoms with E-state index in [4.69, 9.17) is 4.74 Å². The van der Waals surface area contributed by atoms with Crippen LogP contribution in [0.15, 0.2) is 0 Å². The highest BCUT2D eigenvalue weighted by molar-refractivity contribution is 5.75. The molecule has 100 valence electrons. The third-order valence-electron chi connectivity index (χ3n) is 3.45. The smallest absolute Gasteiger partial charge is 0.323 e. The highest BCUT2D eigenvalue weighted by atomic mass is 16.5. The van der Waals surface area contributed by atoms with Crippen molar-refractivity contribution in [1.82, 2.24) is 9.80 Å². The summed E-state index contributed by atoms with van der Waals surface area (Å²) < 4.78 is 5.06. The van der Waals surface area contributed by atoms with Gasteiger partial charge in [0.05, 0.1) is 6.61 Å². The summed E-state index contributed by atoms with van der Waals surface area (Å²) in [6, 6.07) is -0.0877. The van der Waals surface area contributed by atoms with Gasteiger partial charge in [0.15, 0.2) is 0 Å². The molecule has 0 bridgehead atoms. The van der Waals surface area contributed by atoms with Gasteiger partial charge < -0.3 is 9.64 Å². The van der Waals surface area contributed by atoms with Gasteiger partial charge in [-0.1, -0.05) is 0 Å². The lowest BCUT2D eigenvalue weighted by atomic mass is 9.95. The van der Waals surface area contributed by atoms with Gasteiger partial charge in [0.1, 0.15) is 6.04 Å². The molecule has 0 saturated carbocycles. The van der Waals surface area contributed by atoms with Gasteiger partial charge in [0.25, 0.3) is 0 Å². The highest BCUT2D eigenvalue weighted by Gasteiger charge is 2.27. The number of piperidine rings is 1. The van der Waals surface area contributed by atoms with E-state index in [1.54, 1.807) is 0 Å². The first-order valence-electron chi connectivity index (χ1n) is 6.60. The molecule has 1 rings (SSSR count). The Bertz CT molecular complexity index is 236. The maximum Gasteiger partial charge on any atom is 0.323 e. The zero-order valence-electron chi connectivity index (χ0n) is 11.6. The summed E-state index contributed by atoms with van der Waals surface area (Å²) >= 11 is 0. The molecule has 0 aromatic heterocycles. The standard InChI is InChI=1S/C13H26N2O2/c1-5-17-13(16)11(2)15-8-6-12(7-9-15)10-14(3)4/h11-12H,5-10H2,1-4H3. The van der Waals surface area contributed by atoms with E-state index in [0.29, 0.717) is 6.61 Å². The molecule has 4 nitrogen and oxygen atoms in total. The third kappa shape index (κ3) is 4.64. The molecule has 0 radical (unpaired) electrons. The quantitative estimate of drug-likeness (QED) is 0.679. The summed E-state index contributed by atoms with van der Waals surface area (Å²) in [5.74, 6) is 0.689. The minimum Gasteiger partial charge on any atom is -0.465 e. The van der Waals surface area contributed by atoms with Crippen molar-refractivity contribution in [3.8, 4) is 0 Å². The second-order valence-electron chi connectivity index (χ2n) is 5.17. The van der Waals surface area contributed by atoms with E-state index in [0.717, 1.165) is 25.6 Å². The van der Waals surface area contributed by atoms with Gasteiger partial charge in [-0.3, -0.25) is 9.69 Å². The molecule has 0 N–H and O–H groups in total. The van der Waals surface area contributed by atoms with E-state index in [2.05, 4.69) is 23.9 Å². The van der Waals surface area contributed by atoms with Gasteiger partial charge in [0, 0.05) is 6.54 Å². The number of esters is 1. The molecule has 4 heteroatoms. The minimum atomic E-state index is -0.0877. The number of likely N-dealkylation sites (tertiary alicyclic amines) is 1. The minimum absolute atomic E-state index is 0.0847. The Balaban J connectivity index is 2.33. The summed E-state index contributed by atoms with van der Waals surface area (Å²) in [4.78, 5) is 16.1. The van der Waals surface area contributed by atoms with Crippen LogP contribution in [0.25, 0.3) is 0 Å². The van der Waals surface area contributed by atoms with Gasteiger partial charge in [0.2, 0.25) is 0 Å². The van der Waals surface area contributed by atoms with E-state index in [1.165, 1.54) is 12.8 Å². The second kappa shape index (κ2) is 6.97. The first kappa shape index (κ1) is 14.5. The molecule has 0 spiro atoms. The largest absolute Gasteiger partial charge is 0.465 e. The monoisotopic (exact) mass is 242 g/mol. The molecular formula is C13H26N2O2. The Labute approximate surface area is 105 Å². The fraction of sp³-hybridized carbons (Fsp3) is 0.923. The van der Waals surface area contributed by atoms with E-state index in [9.17, 15) is 4.79 Å². The van der Waals surface area contributed by atoms with Crippen molar-refractivity contribution in [2.24, 2.45) is 5.92 Å².